The van der Waals surface area contributed by atoms with E-state index in [1.54, 1.807) is 12.1 Å². The number of halogens is 2. The average Bonchev–Trinajstić information content (AvgIpc) is 3.01. The number of rotatable bonds is 7. The number of hydrogen-bond acceptors (Lipinski definition) is 5. The Morgan fingerprint density at radius 2 is 2.00 bits per heavy atom. The van der Waals surface area contributed by atoms with Gasteiger partial charge in [-0.1, -0.05) is 16.9 Å². The molecule has 1 N–H and O–H groups in total. The maximum atomic E-state index is 12.1. The van der Waals surface area contributed by atoms with Crippen molar-refractivity contribution in [3.8, 4) is 0 Å². The predicted molar refractivity (Wildman–Crippen MR) is 77.2 cm³/mol. The van der Waals surface area contributed by atoms with Crippen molar-refractivity contribution in [2.45, 2.75) is 44.9 Å². The fourth-order valence-corrected chi connectivity index (χ4v) is 2.65. The zero-order valence-electron chi connectivity index (χ0n) is 12.2. The summed E-state index contributed by atoms with van der Waals surface area (Å²) in [6.07, 6.45) is 0. The SMILES string of the molecule is Cc1noc(C)c1C(C)NCc1ccc(CSC(F)F)o1. The van der Waals surface area contributed by atoms with E-state index >= 15 is 0 Å². The number of aryl methyl sites for hydroxylation is 2. The number of aromatic nitrogens is 1. The van der Waals surface area contributed by atoms with Crippen LogP contribution in [0.4, 0.5) is 8.78 Å². The van der Waals surface area contributed by atoms with Crippen LogP contribution in [0.15, 0.2) is 21.1 Å². The van der Waals surface area contributed by atoms with Gasteiger partial charge in [0.2, 0.25) is 0 Å². The Hall–Kier alpha value is -1.34. The van der Waals surface area contributed by atoms with Gasteiger partial charge in [-0.2, -0.15) is 8.78 Å². The van der Waals surface area contributed by atoms with E-state index in [-0.39, 0.29) is 11.8 Å². The van der Waals surface area contributed by atoms with E-state index in [0.717, 1.165) is 22.8 Å². The molecule has 2 aromatic rings. The molecule has 0 radical (unpaired) electrons. The zero-order chi connectivity index (χ0) is 15.4. The van der Waals surface area contributed by atoms with Crippen LogP contribution in [0.2, 0.25) is 0 Å². The summed E-state index contributed by atoms with van der Waals surface area (Å²) in [5, 5.41) is 7.24. The molecule has 21 heavy (non-hydrogen) atoms. The van der Waals surface area contributed by atoms with Crippen LogP contribution < -0.4 is 5.32 Å². The highest BCUT2D eigenvalue weighted by molar-refractivity contribution is 7.98. The topological polar surface area (TPSA) is 51.2 Å². The summed E-state index contributed by atoms with van der Waals surface area (Å²) < 4.78 is 34.9. The van der Waals surface area contributed by atoms with Gasteiger partial charge in [0.25, 0.3) is 5.76 Å². The van der Waals surface area contributed by atoms with E-state index in [1.807, 2.05) is 20.8 Å². The Morgan fingerprint density at radius 1 is 1.29 bits per heavy atom. The first-order valence-electron chi connectivity index (χ1n) is 6.61. The highest BCUT2D eigenvalue weighted by Gasteiger charge is 2.16. The van der Waals surface area contributed by atoms with Crippen molar-refractivity contribution in [1.29, 1.82) is 0 Å². The maximum Gasteiger partial charge on any atom is 0.284 e. The molecule has 0 bridgehead atoms. The van der Waals surface area contributed by atoms with Gasteiger partial charge >= 0.3 is 0 Å². The normalized spacial score (nSPS) is 13.0. The van der Waals surface area contributed by atoms with E-state index in [0.29, 0.717) is 24.1 Å². The standard InChI is InChI=1S/C14H18F2N2O2S/c1-8(13-9(2)18-20-10(13)3)17-6-11-4-5-12(19-11)7-21-14(15)16/h4-5,8,14,17H,6-7H2,1-3H3. The summed E-state index contributed by atoms with van der Waals surface area (Å²) in [6.45, 7) is 6.31. The summed E-state index contributed by atoms with van der Waals surface area (Å²) in [4.78, 5) is 0. The minimum atomic E-state index is -2.38. The van der Waals surface area contributed by atoms with Gasteiger partial charge in [-0.05, 0) is 32.9 Å². The van der Waals surface area contributed by atoms with Crippen molar-refractivity contribution in [3.05, 3.63) is 40.7 Å². The van der Waals surface area contributed by atoms with Gasteiger partial charge in [-0.15, -0.1) is 0 Å². The largest absolute Gasteiger partial charge is 0.464 e. The molecule has 0 spiro atoms. The summed E-state index contributed by atoms with van der Waals surface area (Å²) in [5.41, 5.74) is 1.90. The molecule has 2 rings (SSSR count). The first-order valence-corrected chi connectivity index (χ1v) is 7.65. The third-order valence-electron chi connectivity index (χ3n) is 3.17. The zero-order valence-corrected chi connectivity index (χ0v) is 13.0. The van der Waals surface area contributed by atoms with Crippen LogP contribution in [-0.4, -0.2) is 10.9 Å². The molecular formula is C14H18F2N2O2S. The Kier molecular flexibility index (Phi) is 5.41. The number of hydrogen-bond donors (Lipinski definition) is 1. The minimum Gasteiger partial charge on any atom is -0.464 e. The summed E-state index contributed by atoms with van der Waals surface area (Å²) in [6, 6.07) is 3.60. The van der Waals surface area contributed by atoms with E-state index < -0.39 is 5.76 Å². The first kappa shape index (κ1) is 16.0. The Balaban J connectivity index is 1.88. The van der Waals surface area contributed by atoms with Gasteiger partial charge in [-0.3, -0.25) is 0 Å². The molecule has 1 atom stereocenters. The van der Waals surface area contributed by atoms with Gasteiger partial charge < -0.3 is 14.3 Å². The van der Waals surface area contributed by atoms with Gasteiger partial charge in [0, 0.05) is 11.6 Å². The van der Waals surface area contributed by atoms with Gasteiger partial charge in [0.1, 0.15) is 17.3 Å². The lowest BCUT2D eigenvalue weighted by Crippen LogP contribution is -2.18. The first-order chi connectivity index (χ1) is 9.97. The molecule has 0 aliphatic carbocycles. The highest BCUT2D eigenvalue weighted by Crippen LogP contribution is 2.23. The molecule has 116 valence electrons. The van der Waals surface area contributed by atoms with E-state index in [9.17, 15) is 8.78 Å². The van der Waals surface area contributed by atoms with Crippen LogP contribution in [0.1, 0.15) is 41.5 Å². The number of furan rings is 1. The van der Waals surface area contributed by atoms with E-state index in [1.165, 1.54) is 0 Å². The van der Waals surface area contributed by atoms with Crippen molar-refractivity contribution in [1.82, 2.24) is 10.5 Å². The van der Waals surface area contributed by atoms with E-state index in [4.69, 9.17) is 8.94 Å². The summed E-state index contributed by atoms with van der Waals surface area (Å²) in [7, 11) is 0. The molecule has 7 heteroatoms. The van der Waals surface area contributed by atoms with Crippen LogP contribution in [0.25, 0.3) is 0 Å². The molecule has 1 unspecified atom stereocenters. The van der Waals surface area contributed by atoms with Crippen LogP contribution in [0, 0.1) is 13.8 Å². The lowest BCUT2D eigenvalue weighted by atomic mass is 10.1. The molecule has 2 aromatic heterocycles. The molecule has 0 saturated carbocycles. The highest BCUT2D eigenvalue weighted by atomic mass is 32.2. The van der Waals surface area contributed by atoms with Crippen molar-refractivity contribution in [2.75, 3.05) is 0 Å². The van der Waals surface area contributed by atoms with Crippen molar-refractivity contribution < 1.29 is 17.7 Å². The molecule has 0 aromatic carbocycles. The predicted octanol–water partition coefficient (Wildman–Crippen LogP) is 4.19. The number of nitrogens with zero attached hydrogens (tertiary/aromatic N) is 1. The van der Waals surface area contributed by atoms with Crippen molar-refractivity contribution >= 4 is 11.8 Å². The van der Waals surface area contributed by atoms with Crippen LogP contribution in [0.5, 0.6) is 0 Å². The smallest absolute Gasteiger partial charge is 0.284 e. The fraction of sp³-hybridized carbons (Fsp3) is 0.500. The van der Waals surface area contributed by atoms with Crippen LogP contribution >= 0.6 is 11.8 Å². The monoisotopic (exact) mass is 316 g/mol. The molecule has 4 nitrogen and oxygen atoms in total. The number of alkyl halides is 2. The lowest BCUT2D eigenvalue weighted by molar-refractivity contribution is 0.251. The van der Waals surface area contributed by atoms with Crippen LogP contribution in [0.3, 0.4) is 0 Å². The number of nitrogens with one attached hydrogen (secondary N) is 1. The Labute approximate surface area is 126 Å². The van der Waals surface area contributed by atoms with Gasteiger partial charge in [0.15, 0.2) is 0 Å². The molecule has 0 fully saturated rings. The fourth-order valence-electron chi connectivity index (χ4n) is 2.20. The number of thioether (sulfide) groups is 1. The summed E-state index contributed by atoms with van der Waals surface area (Å²) in [5.74, 6) is -0.130. The Morgan fingerprint density at radius 3 is 2.62 bits per heavy atom. The van der Waals surface area contributed by atoms with Crippen molar-refractivity contribution in [3.63, 3.8) is 0 Å². The molecule has 0 aliphatic heterocycles. The van der Waals surface area contributed by atoms with E-state index in [2.05, 4.69) is 10.5 Å². The van der Waals surface area contributed by atoms with Gasteiger partial charge in [0.05, 0.1) is 18.0 Å². The van der Waals surface area contributed by atoms with Gasteiger partial charge in [-0.25, -0.2) is 0 Å². The quantitative estimate of drug-likeness (QED) is 0.830. The molecule has 0 aliphatic rings. The minimum absolute atomic E-state index is 0.0697. The molecule has 2 heterocycles. The molecule has 0 amide bonds. The second-order valence-electron chi connectivity index (χ2n) is 4.78. The molecule has 0 saturated heterocycles. The lowest BCUT2D eigenvalue weighted by Gasteiger charge is -2.12. The summed E-state index contributed by atoms with van der Waals surface area (Å²) >= 11 is 0.556. The van der Waals surface area contributed by atoms with Crippen LogP contribution in [-0.2, 0) is 12.3 Å². The Bertz CT molecular complexity index is 564. The third kappa shape index (κ3) is 4.31. The average molecular weight is 316 g/mol. The van der Waals surface area contributed by atoms with Crippen molar-refractivity contribution in [2.24, 2.45) is 0 Å². The third-order valence-corrected chi connectivity index (χ3v) is 3.88. The second kappa shape index (κ2) is 7.09. The maximum absolute atomic E-state index is 12.1. The molecular weight excluding hydrogens is 298 g/mol. The second-order valence-corrected chi connectivity index (χ2v) is 5.76.